The van der Waals surface area contributed by atoms with Crippen LogP contribution in [0, 0.1) is 23.4 Å². The Morgan fingerprint density at radius 1 is 0.848 bits per heavy atom. The molecule has 0 saturated heterocycles. The van der Waals surface area contributed by atoms with Gasteiger partial charge in [0, 0.05) is 11.1 Å². The standard InChI is InChI=1S/C28H30N2O3/c29-18-33-26-16-12-22(13-17-26)27(21-10-14-25(15-11-21)30-19-31)20-6-8-24(9-7-20)28(32)23-4-2-1-3-5-23/h1-9,21-22,25-27H,10-17H2. The summed E-state index contributed by atoms with van der Waals surface area (Å²) in [5.41, 5.74) is 2.69. The topological polar surface area (TPSA) is 79.5 Å². The molecule has 5 heteroatoms. The van der Waals surface area contributed by atoms with Crippen molar-refractivity contribution in [2.45, 2.75) is 69.4 Å². The summed E-state index contributed by atoms with van der Waals surface area (Å²) < 4.78 is 5.21. The predicted molar refractivity (Wildman–Crippen MR) is 125 cm³/mol. The molecule has 2 aromatic rings. The quantitative estimate of drug-likeness (QED) is 0.230. The summed E-state index contributed by atoms with van der Waals surface area (Å²) >= 11 is 0. The zero-order valence-electron chi connectivity index (χ0n) is 18.9. The van der Waals surface area contributed by atoms with Crippen LogP contribution in [0.15, 0.2) is 59.6 Å². The van der Waals surface area contributed by atoms with Gasteiger partial charge >= 0.3 is 0 Å². The molecule has 1 unspecified atom stereocenters. The summed E-state index contributed by atoms with van der Waals surface area (Å²) in [5.74, 6) is 1.49. The van der Waals surface area contributed by atoms with E-state index in [1.807, 2.05) is 48.7 Å². The molecule has 5 nitrogen and oxygen atoms in total. The molecule has 2 aromatic carbocycles. The van der Waals surface area contributed by atoms with Crippen molar-refractivity contribution in [2.75, 3.05) is 0 Å². The monoisotopic (exact) mass is 442 g/mol. The molecule has 4 rings (SSSR count). The smallest absolute Gasteiger partial charge is 0.286 e. The molecule has 0 bridgehead atoms. The number of carbonyl (C=O) groups excluding carboxylic acids is 2. The molecule has 0 N–H and O–H groups in total. The Labute approximate surface area is 195 Å². The lowest BCUT2D eigenvalue weighted by Crippen LogP contribution is -2.31. The highest BCUT2D eigenvalue weighted by Gasteiger charge is 2.36. The van der Waals surface area contributed by atoms with Gasteiger partial charge in [-0.25, -0.2) is 9.79 Å². The first-order valence-electron chi connectivity index (χ1n) is 12.0. The van der Waals surface area contributed by atoms with Gasteiger partial charge in [0.05, 0.1) is 6.04 Å². The average molecular weight is 443 g/mol. The molecule has 0 aliphatic heterocycles. The third-order valence-electron chi connectivity index (χ3n) is 7.52. The third-order valence-corrected chi connectivity index (χ3v) is 7.52. The number of benzene rings is 2. The Balaban J connectivity index is 1.53. The van der Waals surface area contributed by atoms with Crippen molar-refractivity contribution in [3.05, 3.63) is 71.3 Å². The lowest BCUT2D eigenvalue weighted by molar-refractivity contribution is 0.0825. The maximum atomic E-state index is 12.8. The Morgan fingerprint density at radius 2 is 1.42 bits per heavy atom. The van der Waals surface area contributed by atoms with Crippen LogP contribution in [0.2, 0.25) is 0 Å². The van der Waals surface area contributed by atoms with E-state index in [9.17, 15) is 9.59 Å². The molecule has 2 aliphatic carbocycles. The van der Waals surface area contributed by atoms with Crippen molar-refractivity contribution in [3.63, 3.8) is 0 Å². The van der Waals surface area contributed by atoms with E-state index >= 15 is 0 Å². The Bertz CT molecular complexity index is 1010. The molecule has 170 valence electrons. The highest BCUT2D eigenvalue weighted by Crippen LogP contribution is 2.46. The fourth-order valence-electron chi connectivity index (χ4n) is 5.85. The summed E-state index contributed by atoms with van der Waals surface area (Å²) in [6.07, 6.45) is 11.4. The molecule has 2 aliphatic rings. The van der Waals surface area contributed by atoms with Crippen LogP contribution < -0.4 is 0 Å². The molecule has 2 fully saturated rings. The first kappa shape index (κ1) is 23.0. The van der Waals surface area contributed by atoms with Gasteiger partial charge in [-0.3, -0.25) is 4.79 Å². The SMILES string of the molecule is N#COC1CCC(C(c2ccc(C(=O)c3ccccc3)cc2)C2CCC(N=C=O)CC2)CC1. The number of isocyanates is 1. The van der Waals surface area contributed by atoms with Crippen LogP contribution in [-0.2, 0) is 9.53 Å². The maximum absolute atomic E-state index is 12.8. The van der Waals surface area contributed by atoms with Gasteiger partial charge in [-0.2, -0.15) is 5.26 Å². The highest BCUT2D eigenvalue weighted by molar-refractivity contribution is 6.08. The lowest BCUT2D eigenvalue weighted by Gasteiger charge is -2.40. The molecule has 0 aromatic heterocycles. The van der Waals surface area contributed by atoms with E-state index in [1.165, 1.54) is 5.56 Å². The number of hydrogen-bond donors (Lipinski definition) is 0. The fraction of sp³-hybridized carbons (Fsp3) is 0.464. The number of ether oxygens (including phenoxy) is 1. The zero-order chi connectivity index (χ0) is 23.0. The summed E-state index contributed by atoms with van der Waals surface area (Å²) in [4.78, 5) is 27.5. The Hall–Kier alpha value is -3.22. The van der Waals surface area contributed by atoms with E-state index in [0.29, 0.717) is 28.9 Å². The Morgan fingerprint density at radius 3 is 2.00 bits per heavy atom. The van der Waals surface area contributed by atoms with Gasteiger partial charge in [0.1, 0.15) is 6.10 Å². The maximum Gasteiger partial charge on any atom is 0.286 e. The van der Waals surface area contributed by atoms with Crippen LogP contribution in [0.3, 0.4) is 0 Å². The van der Waals surface area contributed by atoms with Gasteiger partial charge < -0.3 is 4.74 Å². The van der Waals surface area contributed by atoms with Crippen LogP contribution in [-0.4, -0.2) is 24.0 Å². The molecular weight excluding hydrogens is 412 g/mol. The van der Waals surface area contributed by atoms with Gasteiger partial charge in [-0.15, -0.1) is 0 Å². The summed E-state index contributed by atoms with van der Waals surface area (Å²) in [5, 5.41) is 8.86. The number of nitriles is 1. The second kappa shape index (κ2) is 11.1. The van der Waals surface area contributed by atoms with Crippen LogP contribution in [0.5, 0.6) is 0 Å². The van der Waals surface area contributed by atoms with Crippen molar-refractivity contribution in [1.29, 1.82) is 5.26 Å². The molecule has 1 atom stereocenters. The van der Waals surface area contributed by atoms with E-state index in [0.717, 1.165) is 51.4 Å². The van der Waals surface area contributed by atoms with Crippen molar-refractivity contribution >= 4 is 11.9 Å². The number of carbonyl (C=O) groups is 1. The van der Waals surface area contributed by atoms with Crippen molar-refractivity contribution in [2.24, 2.45) is 16.8 Å². The first-order chi connectivity index (χ1) is 16.2. The van der Waals surface area contributed by atoms with Crippen molar-refractivity contribution < 1.29 is 14.3 Å². The van der Waals surface area contributed by atoms with Crippen LogP contribution in [0.1, 0.15) is 78.8 Å². The lowest BCUT2D eigenvalue weighted by atomic mass is 9.66. The number of nitrogens with zero attached hydrogens (tertiary/aromatic N) is 2. The molecule has 33 heavy (non-hydrogen) atoms. The molecule has 0 spiro atoms. The third kappa shape index (κ3) is 5.59. The molecular formula is C28H30N2O3. The van der Waals surface area contributed by atoms with E-state index in [4.69, 9.17) is 10.00 Å². The number of aliphatic imine (C=N–C) groups is 1. The number of hydrogen-bond acceptors (Lipinski definition) is 5. The highest BCUT2D eigenvalue weighted by atomic mass is 16.5. The number of rotatable bonds is 7. The van der Waals surface area contributed by atoms with E-state index in [1.54, 1.807) is 6.08 Å². The minimum Gasteiger partial charge on any atom is -0.424 e. The minimum absolute atomic E-state index is 0.0374. The second-order valence-corrected chi connectivity index (χ2v) is 9.38. The minimum atomic E-state index is 0.0374. The van der Waals surface area contributed by atoms with Crippen LogP contribution >= 0.6 is 0 Å². The van der Waals surface area contributed by atoms with E-state index in [-0.39, 0.29) is 17.9 Å². The fourth-order valence-corrected chi connectivity index (χ4v) is 5.85. The predicted octanol–water partition coefficient (Wildman–Crippen LogP) is 5.95. The second-order valence-electron chi connectivity index (χ2n) is 9.38. The van der Waals surface area contributed by atoms with Crippen LogP contribution in [0.4, 0.5) is 0 Å². The largest absolute Gasteiger partial charge is 0.424 e. The van der Waals surface area contributed by atoms with Crippen LogP contribution in [0.25, 0.3) is 0 Å². The summed E-state index contributed by atoms with van der Waals surface area (Å²) in [6, 6.07) is 17.7. The number of ketones is 1. The molecule has 0 heterocycles. The van der Waals surface area contributed by atoms with Gasteiger partial charge in [0.25, 0.3) is 6.26 Å². The first-order valence-corrected chi connectivity index (χ1v) is 12.0. The van der Waals surface area contributed by atoms with E-state index in [2.05, 4.69) is 17.1 Å². The molecule has 0 radical (unpaired) electrons. The van der Waals surface area contributed by atoms with Gasteiger partial charge in [0.2, 0.25) is 6.08 Å². The van der Waals surface area contributed by atoms with Gasteiger partial charge in [0.15, 0.2) is 5.78 Å². The summed E-state index contributed by atoms with van der Waals surface area (Å²) in [7, 11) is 0. The zero-order valence-corrected chi connectivity index (χ0v) is 18.9. The van der Waals surface area contributed by atoms with E-state index < -0.39 is 0 Å². The average Bonchev–Trinajstić information content (AvgIpc) is 2.87. The Kier molecular flexibility index (Phi) is 7.70. The van der Waals surface area contributed by atoms with Gasteiger partial charge in [-0.1, -0.05) is 54.6 Å². The molecule has 0 amide bonds. The van der Waals surface area contributed by atoms with Crippen molar-refractivity contribution in [3.8, 4) is 6.26 Å². The van der Waals surface area contributed by atoms with Gasteiger partial charge in [-0.05, 0) is 74.7 Å². The summed E-state index contributed by atoms with van der Waals surface area (Å²) in [6.45, 7) is 0. The van der Waals surface area contributed by atoms with Crippen molar-refractivity contribution in [1.82, 2.24) is 0 Å². The molecule has 2 saturated carbocycles. The normalized spacial score (nSPS) is 25.8.